The molecule has 0 aromatic rings. The normalized spacial score (nSPS) is 28.6. The monoisotopic (exact) mass is 242 g/mol. The van der Waals surface area contributed by atoms with E-state index >= 15 is 0 Å². The van der Waals surface area contributed by atoms with E-state index < -0.39 is 0 Å². The van der Waals surface area contributed by atoms with Crippen molar-refractivity contribution in [1.82, 2.24) is 10.2 Å². The Bertz CT molecular complexity index is 208. The molecule has 0 radical (unpaired) electrons. The highest BCUT2D eigenvalue weighted by molar-refractivity contribution is 4.79. The Kier molecular flexibility index (Phi) is 6.45. The van der Waals surface area contributed by atoms with Crippen LogP contribution < -0.4 is 5.32 Å². The first-order valence-electron chi connectivity index (χ1n) is 7.13. The van der Waals surface area contributed by atoms with Crippen LogP contribution in [0.1, 0.15) is 47.0 Å². The predicted octanol–water partition coefficient (Wildman–Crippen LogP) is 1.86. The van der Waals surface area contributed by atoms with Crippen LogP contribution in [0.2, 0.25) is 0 Å². The van der Waals surface area contributed by atoms with Crippen LogP contribution in [-0.2, 0) is 0 Å². The fourth-order valence-electron chi connectivity index (χ4n) is 2.71. The standard InChI is InChI=1S/C14H30N2O/c1-11(2)15-14(10-17)7-8-16-9-12(3)5-6-13(16)4/h11-15,17H,5-10H2,1-4H3. The maximum Gasteiger partial charge on any atom is 0.0585 e. The molecule has 3 unspecified atom stereocenters. The van der Waals surface area contributed by atoms with E-state index in [0.717, 1.165) is 18.9 Å². The second-order valence-corrected chi connectivity index (χ2v) is 6.02. The van der Waals surface area contributed by atoms with Gasteiger partial charge in [-0.05, 0) is 38.6 Å². The Morgan fingerprint density at radius 1 is 1.29 bits per heavy atom. The van der Waals surface area contributed by atoms with Gasteiger partial charge in [-0.15, -0.1) is 0 Å². The van der Waals surface area contributed by atoms with Crippen LogP contribution >= 0.6 is 0 Å². The molecular weight excluding hydrogens is 212 g/mol. The lowest BCUT2D eigenvalue weighted by Gasteiger charge is -2.37. The van der Waals surface area contributed by atoms with Gasteiger partial charge < -0.3 is 15.3 Å². The van der Waals surface area contributed by atoms with Gasteiger partial charge in [0.25, 0.3) is 0 Å². The summed E-state index contributed by atoms with van der Waals surface area (Å²) in [5, 5.41) is 12.8. The highest BCUT2D eigenvalue weighted by Crippen LogP contribution is 2.21. The molecule has 17 heavy (non-hydrogen) atoms. The van der Waals surface area contributed by atoms with Crippen LogP contribution in [0.4, 0.5) is 0 Å². The number of rotatable bonds is 6. The van der Waals surface area contributed by atoms with Gasteiger partial charge in [-0.2, -0.15) is 0 Å². The van der Waals surface area contributed by atoms with E-state index in [-0.39, 0.29) is 12.6 Å². The zero-order chi connectivity index (χ0) is 12.8. The number of nitrogens with one attached hydrogen (secondary N) is 1. The molecule has 3 heteroatoms. The average molecular weight is 242 g/mol. The maximum absolute atomic E-state index is 9.34. The predicted molar refractivity (Wildman–Crippen MR) is 73.2 cm³/mol. The molecular formula is C14H30N2O. The van der Waals surface area contributed by atoms with Gasteiger partial charge in [-0.25, -0.2) is 0 Å². The third kappa shape index (κ3) is 5.36. The van der Waals surface area contributed by atoms with Gasteiger partial charge in [0, 0.05) is 24.7 Å². The first-order valence-corrected chi connectivity index (χ1v) is 7.13. The third-order valence-electron chi connectivity index (χ3n) is 3.80. The average Bonchev–Trinajstić information content (AvgIpc) is 2.28. The number of aliphatic hydroxyl groups excluding tert-OH is 1. The van der Waals surface area contributed by atoms with Gasteiger partial charge in [-0.3, -0.25) is 0 Å². The minimum absolute atomic E-state index is 0.246. The molecule has 3 atom stereocenters. The van der Waals surface area contributed by atoms with Gasteiger partial charge in [-0.1, -0.05) is 20.8 Å². The number of likely N-dealkylation sites (tertiary alicyclic amines) is 1. The molecule has 0 saturated carbocycles. The van der Waals surface area contributed by atoms with Crippen LogP contribution in [0, 0.1) is 5.92 Å². The van der Waals surface area contributed by atoms with E-state index in [4.69, 9.17) is 0 Å². The number of hydrogen-bond donors (Lipinski definition) is 2. The maximum atomic E-state index is 9.34. The van der Waals surface area contributed by atoms with Gasteiger partial charge in [0.2, 0.25) is 0 Å². The summed E-state index contributed by atoms with van der Waals surface area (Å²) in [6.45, 7) is 11.5. The van der Waals surface area contributed by atoms with Crippen molar-refractivity contribution in [2.75, 3.05) is 19.7 Å². The Morgan fingerprint density at radius 3 is 2.59 bits per heavy atom. The fourth-order valence-corrected chi connectivity index (χ4v) is 2.71. The van der Waals surface area contributed by atoms with Crippen molar-refractivity contribution in [2.45, 2.75) is 65.1 Å². The Balaban J connectivity index is 2.31. The molecule has 1 fully saturated rings. The molecule has 1 rings (SSSR count). The van der Waals surface area contributed by atoms with E-state index in [0.29, 0.717) is 12.1 Å². The van der Waals surface area contributed by atoms with Crippen LogP contribution in [0.25, 0.3) is 0 Å². The molecule has 1 heterocycles. The molecule has 0 spiro atoms. The smallest absolute Gasteiger partial charge is 0.0585 e. The second-order valence-electron chi connectivity index (χ2n) is 6.02. The van der Waals surface area contributed by atoms with Gasteiger partial charge in [0.15, 0.2) is 0 Å². The molecule has 0 bridgehead atoms. The van der Waals surface area contributed by atoms with Gasteiger partial charge in [0.05, 0.1) is 6.61 Å². The van der Waals surface area contributed by atoms with Crippen molar-refractivity contribution in [3.8, 4) is 0 Å². The van der Waals surface area contributed by atoms with Gasteiger partial charge >= 0.3 is 0 Å². The Labute approximate surface area is 107 Å². The minimum atomic E-state index is 0.246. The Hall–Kier alpha value is -0.120. The summed E-state index contributed by atoms with van der Waals surface area (Å²) in [4.78, 5) is 2.58. The van der Waals surface area contributed by atoms with Crippen LogP contribution in [0.5, 0.6) is 0 Å². The zero-order valence-electron chi connectivity index (χ0n) is 11.9. The molecule has 3 nitrogen and oxygen atoms in total. The van der Waals surface area contributed by atoms with E-state index in [2.05, 4.69) is 37.9 Å². The molecule has 0 amide bonds. The lowest BCUT2D eigenvalue weighted by Crippen LogP contribution is -2.45. The molecule has 1 saturated heterocycles. The molecule has 0 aromatic heterocycles. The van der Waals surface area contributed by atoms with E-state index in [1.807, 2.05) is 0 Å². The van der Waals surface area contributed by atoms with Crippen LogP contribution in [-0.4, -0.2) is 47.8 Å². The topological polar surface area (TPSA) is 35.5 Å². The van der Waals surface area contributed by atoms with Crippen molar-refractivity contribution in [1.29, 1.82) is 0 Å². The Morgan fingerprint density at radius 2 is 2.00 bits per heavy atom. The van der Waals surface area contributed by atoms with E-state index in [1.165, 1.54) is 19.4 Å². The lowest BCUT2D eigenvalue weighted by atomic mass is 9.94. The second kappa shape index (κ2) is 7.34. The summed E-state index contributed by atoms with van der Waals surface area (Å²) < 4.78 is 0. The summed E-state index contributed by atoms with van der Waals surface area (Å²) in [6, 6.07) is 1.41. The van der Waals surface area contributed by atoms with Crippen molar-refractivity contribution in [3.05, 3.63) is 0 Å². The van der Waals surface area contributed by atoms with Crippen molar-refractivity contribution in [3.63, 3.8) is 0 Å². The molecule has 1 aliphatic rings. The largest absolute Gasteiger partial charge is 0.395 e. The molecule has 2 N–H and O–H groups in total. The summed E-state index contributed by atoms with van der Waals surface area (Å²) >= 11 is 0. The molecule has 1 aliphatic heterocycles. The number of piperidine rings is 1. The van der Waals surface area contributed by atoms with Crippen molar-refractivity contribution in [2.24, 2.45) is 5.92 Å². The highest BCUT2D eigenvalue weighted by Gasteiger charge is 2.23. The SMILES string of the molecule is CC1CCC(C)N(CCC(CO)NC(C)C)C1. The zero-order valence-corrected chi connectivity index (χ0v) is 11.9. The van der Waals surface area contributed by atoms with Crippen LogP contribution in [0.3, 0.4) is 0 Å². The minimum Gasteiger partial charge on any atom is -0.395 e. The quantitative estimate of drug-likeness (QED) is 0.746. The first kappa shape index (κ1) is 14.9. The summed E-state index contributed by atoms with van der Waals surface area (Å²) in [5.41, 5.74) is 0. The highest BCUT2D eigenvalue weighted by atomic mass is 16.3. The van der Waals surface area contributed by atoms with Gasteiger partial charge in [0.1, 0.15) is 0 Å². The molecule has 102 valence electrons. The van der Waals surface area contributed by atoms with Crippen LogP contribution in [0.15, 0.2) is 0 Å². The summed E-state index contributed by atoms with van der Waals surface area (Å²) in [6.07, 6.45) is 3.74. The van der Waals surface area contributed by atoms with Crippen molar-refractivity contribution >= 4 is 0 Å². The number of aliphatic hydroxyl groups is 1. The van der Waals surface area contributed by atoms with Crippen molar-refractivity contribution < 1.29 is 5.11 Å². The number of hydrogen-bond acceptors (Lipinski definition) is 3. The van der Waals surface area contributed by atoms with E-state index in [9.17, 15) is 5.11 Å². The molecule has 0 aromatic carbocycles. The fraction of sp³-hybridized carbons (Fsp3) is 1.00. The third-order valence-corrected chi connectivity index (χ3v) is 3.80. The number of nitrogens with zero attached hydrogens (tertiary/aromatic N) is 1. The summed E-state index contributed by atoms with van der Waals surface area (Å²) in [5.74, 6) is 0.830. The molecule has 0 aliphatic carbocycles. The van der Waals surface area contributed by atoms with E-state index in [1.54, 1.807) is 0 Å². The summed E-state index contributed by atoms with van der Waals surface area (Å²) in [7, 11) is 0. The first-order chi connectivity index (χ1) is 8.02. The lowest BCUT2D eigenvalue weighted by molar-refractivity contribution is 0.112.